The molecule has 0 atom stereocenters. The summed E-state index contributed by atoms with van der Waals surface area (Å²) in [7, 11) is 0. The van der Waals surface area contributed by atoms with Crippen LogP contribution in [0.5, 0.6) is 0 Å². The number of aryl methyl sites for hydroxylation is 1. The first-order valence-corrected chi connectivity index (χ1v) is 12.1. The number of alkyl halides is 3. The van der Waals surface area contributed by atoms with Gasteiger partial charge in [0.15, 0.2) is 5.82 Å². The number of aromatic carboxylic acids is 1. The Hall–Kier alpha value is -3.86. The molecule has 4 aromatic rings. The fourth-order valence-electron chi connectivity index (χ4n) is 4.85. The van der Waals surface area contributed by atoms with E-state index in [9.17, 15) is 27.9 Å². The highest BCUT2D eigenvalue weighted by Gasteiger charge is 2.31. The second-order valence-electron chi connectivity index (χ2n) is 8.92. The monoisotopic (exact) mass is 548 g/mol. The first-order chi connectivity index (χ1) is 18.0. The van der Waals surface area contributed by atoms with Gasteiger partial charge in [-0.1, -0.05) is 17.7 Å². The Morgan fingerprint density at radius 2 is 1.82 bits per heavy atom. The largest absolute Gasteiger partial charge is 0.477 e. The van der Waals surface area contributed by atoms with Gasteiger partial charge in [0, 0.05) is 50.0 Å². The van der Waals surface area contributed by atoms with Crippen molar-refractivity contribution in [1.29, 1.82) is 0 Å². The Bertz CT molecular complexity index is 1650. The number of fused-ring (bicyclic) bond motifs is 3. The Labute approximate surface area is 218 Å². The lowest BCUT2D eigenvalue weighted by Crippen LogP contribution is -2.46. The van der Waals surface area contributed by atoms with Crippen LogP contribution in [0.25, 0.3) is 21.8 Å². The minimum atomic E-state index is -4.46. The molecule has 2 aromatic carbocycles. The number of benzene rings is 2. The molecule has 1 aliphatic heterocycles. The SMILES string of the molecule is CCn1cc(C(=O)O)c(=O)c2c3cc(N4CCN(c5cccc(C(F)(F)F)c5)CC4)c(Cl)c(F)c3ncc21. The van der Waals surface area contributed by atoms with Crippen molar-refractivity contribution in [3.05, 3.63) is 74.9 Å². The van der Waals surface area contributed by atoms with Crippen molar-refractivity contribution in [2.45, 2.75) is 19.6 Å². The minimum Gasteiger partial charge on any atom is -0.477 e. The van der Waals surface area contributed by atoms with E-state index in [1.165, 1.54) is 24.5 Å². The molecule has 5 rings (SSSR count). The molecule has 1 saturated heterocycles. The lowest BCUT2D eigenvalue weighted by molar-refractivity contribution is -0.137. The van der Waals surface area contributed by atoms with E-state index in [4.69, 9.17) is 11.6 Å². The number of nitrogens with zero attached hydrogens (tertiary/aromatic N) is 4. The van der Waals surface area contributed by atoms with Gasteiger partial charge in [-0.05, 0) is 31.2 Å². The molecule has 0 spiro atoms. The summed E-state index contributed by atoms with van der Waals surface area (Å²) in [6, 6.07) is 6.59. The lowest BCUT2D eigenvalue weighted by atomic mass is 10.0. The number of carboxylic acid groups (broad SMARTS) is 1. The van der Waals surface area contributed by atoms with Gasteiger partial charge in [-0.25, -0.2) is 9.18 Å². The quantitative estimate of drug-likeness (QED) is 0.272. The maximum Gasteiger partial charge on any atom is 0.416 e. The number of hydrogen-bond donors (Lipinski definition) is 1. The number of pyridine rings is 2. The number of hydrogen-bond acceptors (Lipinski definition) is 5. The molecule has 1 fully saturated rings. The molecule has 198 valence electrons. The predicted molar refractivity (Wildman–Crippen MR) is 137 cm³/mol. The van der Waals surface area contributed by atoms with Gasteiger partial charge in [0.1, 0.15) is 16.1 Å². The van der Waals surface area contributed by atoms with Gasteiger partial charge in [-0.3, -0.25) is 9.78 Å². The number of rotatable bonds is 4. The third-order valence-electron chi connectivity index (χ3n) is 6.80. The van der Waals surface area contributed by atoms with E-state index < -0.39 is 34.5 Å². The van der Waals surface area contributed by atoms with Gasteiger partial charge in [0.2, 0.25) is 5.43 Å². The molecule has 2 aromatic heterocycles. The average molecular weight is 549 g/mol. The maximum atomic E-state index is 15.4. The molecule has 3 heterocycles. The summed E-state index contributed by atoms with van der Waals surface area (Å²) in [5.74, 6) is -2.24. The fraction of sp³-hybridized carbons (Fsp3) is 0.269. The van der Waals surface area contributed by atoms with Crippen LogP contribution in [0.3, 0.4) is 0 Å². The van der Waals surface area contributed by atoms with Gasteiger partial charge in [-0.15, -0.1) is 0 Å². The van der Waals surface area contributed by atoms with Crippen molar-refractivity contribution in [1.82, 2.24) is 9.55 Å². The van der Waals surface area contributed by atoms with E-state index in [0.717, 1.165) is 12.1 Å². The molecule has 0 bridgehead atoms. The average Bonchev–Trinajstić information content (AvgIpc) is 2.90. The molecule has 7 nitrogen and oxygen atoms in total. The number of aromatic nitrogens is 2. The first kappa shape index (κ1) is 25.8. The smallest absolute Gasteiger partial charge is 0.416 e. The second kappa shape index (κ2) is 9.46. The molecule has 0 unspecified atom stereocenters. The lowest BCUT2D eigenvalue weighted by Gasteiger charge is -2.38. The highest BCUT2D eigenvalue weighted by atomic mass is 35.5. The molecule has 0 aliphatic carbocycles. The van der Waals surface area contributed by atoms with E-state index in [1.54, 1.807) is 27.4 Å². The van der Waals surface area contributed by atoms with Crippen molar-refractivity contribution in [2.75, 3.05) is 36.0 Å². The number of halogens is 5. The van der Waals surface area contributed by atoms with Crippen molar-refractivity contribution in [3.8, 4) is 0 Å². The van der Waals surface area contributed by atoms with Crippen molar-refractivity contribution in [3.63, 3.8) is 0 Å². The molecular formula is C26H21ClF4N4O3. The van der Waals surface area contributed by atoms with Gasteiger partial charge in [-0.2, -0.15) is 13.2 Å². The zero-order chi connectivity index (χ0) is 27.4. The zero-order valence-corrected chi connectivity index (χ0v) is 20.8. The number of piperazine rings is 1. The molecule has 1 aliphatic rings. The van der Waals surface area contributed by atoms with Crippen LogP contribution < -0.4 is 15.2 Å². The summed E-state index contributed by atoms with van der Waals surface area (Å²) >= 11 is 6.39. The third-order valence-corrected chi connectivity index (χ3v) is 7.16. The van der Waals surface area contributed by atoms with Crippen molar-refractivity contribution >= 4 is 50.8 Å². The third kappa shape index (κ3) is 4.30. The highest BCUT2D eigenvalue weighted by molar-refractivity contribution is 6.34. The minimum absolute atomic E-state index is 0.0242. The van der Waals surface area contributed by atoms with E-state index in [-0.39, 0.29) is 27.0 Å². The molecule has 0 saturated carbocycles. The molecule has 12 heteroatoms. The predicted octanol–water partition coefficient (Wildman–Crippen LogP) is 5.41. The van der Waals surface area contributed by atoms with Crippen molar-refractivity contribution in [2.24, 2.45) is 0 Å². The summed E-state index contributed by atoms with van der Waals surface area (Å²) in [5.41, 5.74) is -1.03. The van der Waals surface area contributed by atoms with Crippen LogP contribution in [0.15, 0.2) is 47.5 Å². The Balaban J connectivity index is 1.56. The summed E-state index contributed by atoms with van der Waals surface area (Å²) in [6.07, 6.45) is -1.90. The van der Waals surface area contributed by atoms with Gasteiger partial charge in [0.25, 0.3) is 0 Å². The van der Waals surface area contributed by atoms with Crippen LogP contribution in [0.2, 0.25) is 5.02 Å². The van der Waals surface area contributed by atoms with Crippen molar-refractivity contribution < 1.29 is 27.5 Å². The Kier molecular flexibility index (Phi) is 6.42. The van der Waals surface area contributed by atoms with E-state index >= 15 is 4.39 Å². The Morgan fingerprint density at radius 1 is 1.13 bits per heavy atom. The highest BCUT2D eigenvalue weighted by Crippen LogP contribution is 2.37. The Morgan fingerprint density at radius 3 is 2.45 bits per heavy atom. The second-order valence-corrected chi connectivity index (χ2v) is 9.30. The van der Waals surface area contributed by atoms with Crippen LogP contribution in [-0.4, -0.2) is 46.8 Å². The van der Waals surface area contributed by atoms with Crippen LogP contribution in [0.4, 0.5) is 28.9 Å². The number of carboxylic acids is 1. The van der Waals surface area contributed by atoms with E-state index in [1.807, 2.05) is 0 Å². The van der Waals surface area contributed by atoms with E-state index in [2.05, 4.69) is 4.98 Å². The summed E-state index contributed by atoms with van der Waals surface area (Å²) in [5, 5.41) is 9.51. The molecule has 38 heavy (non-hydrogen) atoms. The molecular weight excluding hydrogens is 528 g/mol. The van der Waals surface area contributed by atoms with Gasteiger partial charge >= 0.3 is 12.1 Å². The standard InChI is InChI=1S/C26H21ClF4N4O3/c1-2-33-13-17(25(37)38)24(36)20-16-11-18(21(27)22(28)23(16)32-12-19(20)33)35-8-6-34(7-9-35)15-5-3-4-14(10-15)26(29,30)31/h3-5,10-13H,2,6-9H2,1H3,(H,37,38). The zero-order valence-electron chi connectivity index (χ0n) is 20.0. The topological polar surface area (TPSA) is 78.7 Å². The van der Waals surface area contributed by atoms with Crippen LogP contribution >= 0.6 is 11.6 Å². The summed E-state index contributed by atoms with van der Waals surface area (Å²) in [4.78, 5) is 32.6. The number of carbonyl (C=O) groups is 1. The molecule has 0 amide bonds. The van der Waals surface area contributed by atoms with Gasteiger partial charge in [0.05, 0.1) is 28.4 Å². The van der Waals surface area contributed by atoms with Crippen LogP contribution in [-0.2, 0) is 12.7 Å². The normalized spacial score (nSPS) is 14.5. The fourth-order valence-corrected chi connectivity index (χ4v) is 5.12. The van der Waals surface area contributed by atoms with Crippen LogP contribution in [0.1, 0.15) is 22.8 Å². The van der Waals surface area contributed by atoms with Crippen LogP contribution in [0, 0.1) is 5.82 Å². The number of anilines is 2. The van der Waals surface area contributed by atoms with E-state index in [0.29, 0.717) is 43.9 Å². The summed E-state index contributed by atoms with van der Waals surface area (Å²) in [6.45, 7) is 3.45. The summed E-state index contributed by atoms with van der Waals surface area (Å²) < 4.78 is 56.5. The van der Waals surface area contributed by atoms with Gasteiger partial charge < -0.3 is 19.5 Å². The maximum absolute atomic E-state index is 15.4. The molecule has 1 N–H and O–H groups in total. The first-order valence-electron chi connectivity index (χ1n) is 11.8. The molecule has 0 radical (unpaired) electrons.